The first-order chi connectivity index (χ1) is 7.72. The third kappa shape index (κ3) is 2.25. The van der Waals surface area contributed by atoms with Crippen molar-refractivity contribution in [3.8, 4) is 0 Å². The van der Waals surface area contributed by atoms with Gasteiger partial charge in [-0.05, 0) is 29.5 Å². The van der Waals surface area contributed by atoms with Crippen molar-refractivity contribution >= 4 is 0 Å². The number of hydrogen-bond acceptors (Lipinski definition) is 3. The van der Waals surface area contributed by atoms with Crippen LogP contribution in [0.3, 0.4) is 0 Å². The maximum Gasteiger partial charge on any atom is 0.0471 e. The Hall–Kier alpha value is -0.930. The Morgan fingerprint density at radius 3 is 2.38 bits per heavy atom. The van der Waals surface area contributed by atoms with Crippen LogP contribution in [0.2, 0.25) is 0 Å². The molecule has 1 saturated heterocycles. The molecule has 3 unspecified atom stereocenters. The van der Waals surface area contributed by atoms with Crippen LogP contribution in [0.4, 0.5) is 0 Å². The Morgan fingerprint density at radius 2 is 1.88 bits per heavy atom. The molecule has 0 radical (unpaired) electrons. The van der Waals surface area contributed by atoms with Gasteiger partial charge in [0.05, 0.1) is 0 Å². The predicted molar refractivity (Wildman–Crippen MR) is 65.9 cm³/mol. The van der Waals surface area contributed by atoms with Crippen molar-refractivity contribution in [3.05, 3.63) is 30.1 Å². The zero-order valence-corrected chi connectivity index (χ0v) is 10.1. The number of likely N-dealkylation sites (tertiary alicyclic amines) is 1. The van der Waals surface area contributed by atoms with Gasteiger partial charge in [0.2, 0.25) is 0 Å². The van der Waals surface area contributed by atoms with E-state index < -0.39 is 0 Å². The second-order valence-corrected chi connectivity index (χ2v) is 4.94. The van der Waals surface area contributed by atoms with E-state index in [2.05, 4.69) is 35.9 Å². The number of aromatic nitrogens is 1. The Bertz CT molecular complexity index is 315. The highest BCUT2D eigenvalue weighted by atomic mass is 15.2. The van der Waals surface area contributed by atoms with Gasteiger partial charge in [-0.1, -0.05) is 13.8 Å². The van der Waals surface area contributed by atoms with Crippen LogP contribution < -0.4 is 5.73 Å². The van der Waals surface area contributed by atoms with Crippen molar-refractivity contribution in [2.45, 2.75) is 19.9 Å². The van der Waals surface area contributed by atoms with E-state index in [1.54, 1.807) is 0 Å². The van der Waals surface area contributed by atoms with Gasteiger partial charge in [0.25, 0.3) is 0 Å². The monoisotopic (exact) mass is 219 g/mol. The van der Waals surface area contributed by atoms with E-state index in [1.165, 1.54) is 5.56 Å². The van der Waals surface area contributed by atoms with Gasteiger partial charge in [0, 0.05) is 38.1 Å². The first-order valence-electron chi connectivity index (χ1n) is 6.06. The molecular formula is C13H21N3. The lowest BCUT2D eigenvalue weighted by molar-refractivity contribution is 0.240. The van der Waals surface area contributed by atoms with Gasteiger partial charge in [-0.2, -0.15) is 0 Å². The molecule has 3 nitrogen and oxygen atoms in total. The molecule has 1 fully saturated rings. The summed E-state index contributed by atoms with van der Waals surface area (Å²) < 4.78 is 0. The first kappa shape index (κ1) is 11.6. The van der Waals surface area contributed by atoms with Crippen LogP contribution in [0.1, 0.15) is 25.5 Å². The van der Waals surface area contributed by atoms with Gasteiger partial charge in [-0.3, -0.25) is 9.88 Å². The Kier molecular flexibility index (Phi) is 3.56. The number of nitrogens with two attached hydrogens (primary N) is 1. The van der Waals surface area contributed by atoms with Crippen LogP contribution in [0, 0.1) is 11.8 Å². The summed E-state index contributed by atoms with van der Waals surface area (Å²) in [4.78, 5) is 6.56. The van der Waals surface area contributed by atoms with Crippen LogP contribution in [-0.2, 0) is 0 Å². The first-order valence-corrected chi connectivity index (χ1v) is 6.06. The van der Waals surface area contributed by atoms with E-state index in [1.807, 2.05) is 12.4 Å². The highest BCUT2D eigenvalue weighted by Crippen LogP contribution is 2.29. The SMILES string of the molecule is CC1CN(C(CN)c2ccncc2)CC1C. The summed E-state index contributed by atoms with van der Waals surface area (Å²) in [6.07, 6.45) is 3.70. The molecule has 3 heteroatoms. The summed E-state index contributed by atoms with van der Waals surface area (Å²) >= 11 is 0. The molecule has 1 aromatic heterocycles. The van der Waals surface area contributed by atoms with Crippen LogP contribution >= 0.6 is 0 Å². The minimum Gasteiger partial charge on any atom is -0.329 e. The molecular weight excluding hydrogens is 198 g/mol. The van der Waals surface area contributed by atoms with Crippen molar-refractivity contribution in [1.82, 2.24) is 9.88 Å². The number of nitrogens with zero attached hydrogens (tertiary/aromatic N) is 2. The molecule has 88 valence electrons. The second kappa shape index (κ2) is 4.93. The Labute approximate surface area is 97.7 Å². The quantitative estimate of drug-likeness (QED) is 0.841. The van der Waals surface area contributed by atoms with E-state index in [4.69, 9.17) is 5.73 Å². The van der Waals surface area contributed by atoms with Crippen molar-refractivity contribution in [2.24, 2.45) is 17.6 Å². The second-order valence-electron chi connectivity index (χ2n) is 4.94. The molecule has 1 aromatic rings. The summed E-state index contributed by atoms with van der Waals surface area (Å²) in [7, 11) is 0. The normalized spacial score (nSPS) is 28.2. The average Bonchev–Trinajstić information content (AvgIpc) is 2.61. The van der Waals surface area contributed by atoms with Gasteiger partial charge in [0.1, 0.15) is 0 Å². The Morgan fingerprint density at radius 1 is 1.31 bits per heavy atom. The maximum absolute atomic E-state index is 5.91. The molecule has 1 aliphatic rings. The van der Waals surface area contributed by atoms with Gasteiger partial charge in [-0.15, -0.1) is 0 Å². The minimum atomic E-state index is 0.357. The highest BCUT2D eigenvalue weighted by Gasteiger charge is 2.30. The lowest BCUT2D eigenvalue weighted by atomic mass is 10.0. The predicted octanol–water partition coefficient (Wildman–Crippen LogP) is 1.67. The van der Waals surface area contributed by atoms with Gasteiger partial charge >= 0.3 is 0 Å². The molecule has 1 aliphatic heterocycles. The van der Waals surface area contributed by atoms with Gasteiger partial charge in [-0.25, -0.2) is 0 Å². The summed E-state index contributed by atoms with van der Waals surface area (Å²) in [5.74, 6) is 1.55. The lowest BCUT2D eigenvalue weighted by Crippen LogP contribution is -2.32. The largest absolute Gasteiger partial charge is 0.329 e. The molecule has 0 aliphatic carbocycles. The fraction of sp³-hybridized carbons (Fsp3) is 0.615. The van der Waals surface area contributed by atoms with Crippen molar-refractivity contribution in [3.63, 3.8) is 0 Å². The highest BCUT2D eigenvalue weighted by molar-refractivity contribution is 5.16. The van der Waals surface area contributed by atoms with E-state index in [9.17, 15) is 0 Å². The molecule has 0 bridgehead atoms. The Balaban J connectivity index is 2.12. The molecule has 0 aromatic carbocycles. The molecule has 0 spiro atoms. The van der Waals surface area contributed by atoms with Gasteiger partial charge in [0.15, 0.2) is 0 Å². The van der Waals surface area contributed by atoms with Gasteiger partial charge < -0.3 is 5.73 Å². The standard InChI is InChI=1S/C13H21N3/c1-10-8-16(9-11(10)2)13(7-14)12-3-5-15-6-4-12/h3-6,10-11,13H,7-9,14H2,1-2H3. The fourth-order valence-electron chi connectivity index (χ4n) is 2.51. The molecule has 16 heavy (non-hydrogen) atoms. The summed E-state index contributed by atoms with van der Waals surface area (Å²) in [6.45, 7) is 7.65. The van der Waals surface area contributed by atoms with Crippen LogP contribution in [0.25, 0.3) is 0 Å². The third-order valence-corrected chi connectivity index (χ3v) is 3.77. The number of hydrogen-bond donors (Lipinski definition) is 1. The lowest BCUT2D eigenvalue weighted by Gasteiger charge is -2.27. The topological polar surface area (TPSA) is 42.1 Å². The van der Waals surface area contributed by atoms with E-state index in [-0.39, 0.29) is 0 Å². The molecule has 2 rings (SSSR count). The zero-order chi connectivity index (χ0) is 11.5. The summed E-state index contributed by atoms with van der Waals surface area (Å²) in [6, 6.07) is 4.51. The molecule has 2 heterocycles. The number of pyridine rings is 1. The van der Waals surface area contributed by atoms with E-state index >= 15 is 0 Å². The minimum absolute atomic E-state index is 0.357. The molecule has 0 amide bonds. The van der Waals surface area contributed by atoms with Crippen molar-refractivity contribution in [1.29, 1.82) is 0 Å². The van der Waals surface area contributed by atoms with E-state index in [0.717, 1.165) is 24.9 Å². The maximum atomic E-state index is 5.91. The van der Waals surface area contributed by atoms with E-state index in [0.29, 0.717) is 12.6 Å². The summed E-state index contributed by atoms with van der Waals surface area (Å²) in [5.41, 5.74) is 7.20. The smallest absolute Gasteiger partial charge is 0.0471 e. The van der Waals surface area contributed by atoms with Crippen LogP contribution in [-0.4, -0.2) is 29.5 Å². The summed E-state index contributed by atoms with van der Waals surface area (Å²) in [5, 5.41) is 0. The average molecular weight is 219 g/mol. The molecule has 0 saturated carbocycles. The molecule has 3 atom stereocenters. The molecule has 2 N–H and O–H groups in total. The van der Waals surface area contributed by atoms with Crippen molar-refractivity contribution < 1.29 is 0 Å². The van der Waals surface area contributed by atoms with Crippen LogP contribution in [0.15, 0.2) is 24.5 Å². The third-order valence-electron chi connectivity index (χ3n) is 3.77. The van der Waals surface area contributed by atoms with Crippen LogP contribution in [0.5, 0.6) is 0 Å². The zero-order valence-electron chi connectivity index (χ0n) is 10.1. The fourth-order valence-corrected chi connectivity index (χ4v) is 2.51. The van der Waals surface area contributed by atoms with Crippen molar-refractivity contribution in [2.75, 3.05) is 19.6 Å². The number of rotatable bonds is 3.